The van der Waals surface area contributed by atoms with Crippen LogP contribution in [0.1, 0.15) is 24.0 Å². The molecular weight excluding hydrogens is 370 g/mol. The van der Waals surface area contributed by atoms with Crippen LogP contribution in [0.15, 0.2) is 40.7 Å². The first-order valence-corrected chi connectivity index (χ1v) is 9.85. The van der Waals surface area contributed by atoms with Crippen LogP contribution in [0.4, 0.5) is 5.00 Å². The first kappa shape index (κ1) is 17.2. The summed E-state index contributed by atoms with van der Waals surface area (Å²) in [5.41, 5.74) is 2.56. The van der Waals surface area contributed by atoms with E-state index in [4.69, 9.17) is 11.6 Å². The van der Waals surface area contributed by atoms with E-state index in [1.165, 1.54) is 11.3 Å². The Morgan fingerprint density at radius 1 is 1.15 bits per heavy atom. The molecule has 0 radical (unpaired) electrons. The number of anilines is 1. The summed E-state index contributed by atoms with van der Waals surface area (Å²) < 4.78 is 0. The zero-order valence-electron chi connectivity index (χ0n) is 14.2. The number of hydrogen-bond acceptors (Lipinski definition) is 4. The van der Waals surface area contributed by atoms with Crippen molar-refractivity contribution in [2.45, 2.75) is 12.8 Å². The van der Waals surface area contributed by atoms with Crippen molar-refractivity contribution >= 4 is 45.5 Å². The van der Waals surface area contributed by atoms with E-state index in [0.717, 1.165) is 47.8 Å². The predicted octanol–water partition coefficient (Wildman–Crippen LogP) is 3.21. The largest absolute Gasteiger partial charge is 0.341 e. The lowest BCUT2D eigenvalue weighted by atomic mass is 10.0. The van der Waals surface area contributed by atoms with Gasteiger partial charge in [0.1, 0.15) is 18.1 Å². The van der Waals surface area contributed by atoms with Crippen molar-refractivity contribution in [2.24, 2.45) is 4.99 Å². The van der Waals surface area contributed by atoms with Crippen molar-refractivity contribution < 1.29 is 9.59 Å². The first-order valence-electron chi connectivity index (χ1n) is 8.60. The number of nitrogens with zero attached hydrogens (tertiary/aromatic N) is 3. The molecule has 134 valence electrons. The van der Waals surface area contributed by atoms with Gasteiger partial charge in [-0.2, -0.15) is 0 Å². The second-order valence-corrected chi connectivity index (χ2v) is 7.71. The van der Waals surface area contributed by atoms with Crippen LogP contribution in [0.2, 0.25) is 5.02 Å². The van der Waals surface area contributed by atoms with Crippen LogP contribution in [-0.4, -0.2) is 48.6 Å². The van der Waals surface area contributed by atoms with Crippen molar-refractivity contribution in [2.75, 3.05) is 31.1 Å². The van der Waals surface area contributed by atoms with E-state index in [9.17, 15) is 9.59 Å². The molecule has 3 heterocycles. The molecule has 2 aliphatic rings. The molecule has 0 N–H and O–H groups in total. The fraction of sp³-hybridized carbons (Fsp3) is 0.316. The van der Waals surface area contributed by atoms with Crippen molar-refractivity contribution in [3.63, 3.8) is 0 Å². The second kappa shape index (κ2) is 7.21. The van der Waals surface area contributed by atoms with Gasteiger partial charge in [0.05, 0.1) is 5.71 Å². The van der Waals surface area contributed by atoms with Crippen molar-refractivity contribution in [1.82, 2.24) is 4.90 Å². The summed E-state index contributed by atoms with van der Waals surface area (Å²) in [6.07, 6.45) is 2.07. The van der Waals surface area contributed by atoms with Gasteiger partial charge in [0.25, 0.3) is 0 Å². The minimum absolute atomic E-state index is 0.00476. The highest BCUT2D eigenvalue weighted by atomic mass is 35.5. The van der Waals surface area contributed by atoms with Crippen molar-refractivity contribution in [1.29, 1.82) is 0 Å². The Morgan fingerprint density at radius 3 is 2.62 bits per heavy atom. The Kier molecular flexibility index (Phi) is 4.78. The lowest BCUT2D eigenvalue weighted by Crippen LogP contribution is -2.42. The van der Waals surface area contributed by atoms with Gasteiger partial charge in [0.2, 0.25) is 11.8 Å². The van der Waals surface area contributed by atoms with Gasteiger partial charge in [-0.1, -0.05) is 23.7 Å². The number of aliphatic imine (C=N–C) groups is 1. The quantitative estimate of drug-likeness (QED) is 0.812. The fourth-order valence-corrected chi connectivity index (χ4v) is 4.38. The van der Waals surface area contributed by atoms with Crippen LogP contribution in [0.5, 0.6) is 0 Å². The van der Waals surface area contributed by atoms with E-state index in [0.29, 0.717) is 5.02 Å². The smallest absolute Gasteiger partial charge is 0.249 e. The van der Waals surface area contributed by atoms with Gasteiger partial charge >= 0.3 is 0 Å². The average Bonchev–Trinajstić information content (AvgIpc) is 3.31. The third-order valence-electron chi connectivity index (χ3n) is 4.69. The molecule has 0 unspecified atom stereocenters. The van der Waals surface area contributed by atoms with Gasteiger partial charge in [-0.15, -0.1) is 11.3 Å². The van der Waals surface area contributed by atoms with E-state index < -0.39 is 0 Å². The van der Waals surface area contributed by atoms with Gasteiger partial charge in [0, 0.05) is 29.2 Å². The molecule has 4 rings (SSSR count). The number of hydrogen-bond donors (Lipinski definition) is 0. The van der Waals surface area contributed by atoms with Gasteiger partial charge < -0.3 is 4.90 Å². The summed E-state index contributed by atoms with van der Waals surface area (Å²) in [5, 5.41) is 3.37. The van der Waals surface area contributed by atoms with E-state index in [1.807, 2.05) is 40.6 Å². The minimum atomic E-state index is -0.148. The van der Waals surface area contributed by atoms with E-state index in [2.05, 4.69) is 4.99 Å². The highest BCUT2D eigenvalue weighted by molar-refractivity contribution is 7.15. The van der Waals surface area contributed by atoms with Crippen LogP contribution in [-0.2, 0) is 9.59 Å². The molecule has 5 nitrogen and oxygen atoms in total. The number of halogens is 1. The third-order valence-corrected chi connectivity index (χ3v) is 5.88. The summed E-state index contributed by atoms with van der Waals surface area (Å²) >= 11 is 7.45. The summed E-state index contributed by atoms with van der Waals surface area (Å²) in [7, 11) is 0. The van der Waals surface area contributed by atoms with Crippen molar-refractivity contribution in [3.05, 3.63) is 51.9 Å². The Morgan fingerprint density at radius 2 is 1.88 bits per heavy atom. The number of benzene rings is 1. The van der Waals surface area contributed by atoms with Gasteiger partial charge in [0.15, 0.2) is 0 Å². The summed E-state index contributed by atoms with van der Waals surface area (Å²) in [4.78, 5) is 33.2. The van der Waals surface area contributed by atoms with Gasteiger partial charge in [-0.3, -0.25) is 19.5 Å². The number of carbonyl (C=O) groups excluding carboxylic acids is 2. The van der Waals surface area contributed by atoms with Crippen LogP contribution in [0, 0.1) is 0 Å². The Hall–Kier alpha value is -2.18. The van der Waals surface area contributed by atoms with E-state index in [1.54, 1.807) is 4.90 Å². The molecule has 7 heteroatoms. The first-order chi connectivity index (χ1) is 12.6. The van der Waals surface area contributed by atoms with Gasteiger partial charge in [-0.25, -0.2) is 0 Å². The highest BCUT2D eigenvalue weighted by Crippen LogP contribution is 2.32. The molecule has 2 aromatic rings. The Balaban J connectivity index is 1.65. The zero-order valence-corrected chi connectivity index (χ0v) is 15.7. The molecule has 0 spiro atoms. The molecule has 1 saturated heterocycles. The number of amides is 2. The molecule has 2 aliphatic heterocycles. The maximum atomic E-state index is 12.7. The molecule has 1 aromatic carbocycles. The molecule has 0 atom stereocenters. The Labute approximate surface area is 160 Å². The summed E-state index contributed by atoms with van der Waals surface area (Å²) in [6, 6.07) is 9.38. The number of fused-ring (bicyclic) bond motifs is 1. The van der Waals surface area contributed by atoms with Crippen LogP contribution in [0.25, 0.3) is 0 Å². The summed E-state index contributed by atoms with van der Waals surface area (Å²) in [6.45, 7) is 1.68. The maximum absolute atomic E-state index is 12.7. The van der Waals surface area contributed by atoms with E-state index >= 15 is 0 Å². The highest BCUT2D eigenvalue weighted by Gasteiger charge is 2.29. The third kappa shape index (κ3) is 3.27. The molecule has 2 amide bonds. The number of thiophene rings is 1. The zero-order chi connectivity index (χ0) is 18.1. The minimum Gasteiger partial charge on any atom is -0.341 e. The lowest BCUT2D eigenvalue weighted by Gasteiger charge is -2.23. The second-order valence-electron chi connectivity index (χ2n) is 6.38. The molecule has 0 aliphatic carbocycles. The molecule has 0 saturated carbocycles. The standard InChI is InChI=1S/C19H18ClN3O2S/c20-14-5-3-13(4-6-14)18-15-7-10-26-19(15)23(16(24)11-21-18)12-17(25)22-8-1-2-9-22/h3-7,10H,1-2,8-9,11-12H2. The number of rotatable bonds is 3. The maximum Gasteiger partial charge on any atom is 0.249 e. The van der Waals surface area contributed by atoms with Gasteiger partial charge in [-0.05, 0) is 36.4 Å². The summed E-state index contributed by atoms with van der Waals surface area (Å²) in [5.74, 6) is -0.143. The fourth-order valence-electron chi connectivity index (χ4n) is 3.34. The topological polar surface area (TPSA) is 53.0 Å². The number of carbonyl (C=O) groups is 2. The van der Waals surface area contributed by atoms with E-state index in [-0.39, 0.29) is 24.9 Å². The van der Waals surface area contributed by atoms with Crippen LogP contribution in [0.3, 0.4) is 0 Å². The molecule has 0 bridgehead atoms. The monoisotopic (exact) mass is 387 g/mol. The van der Waals surface area contributed by atoms with Crippen molar-refractivity contribution in [3.8, 4) is 0 Å². The SMILES string of the molecule is O=C(CN1C(=O)CN=C(c2ccc(Cl)cc2)c2ccsc21)N1CCCC1. The molecular formula is C19H18ClN3O2S. The van der Waals surface area contributed by atoms with Crippen LogP contribution < -0.4 is 4.90 Å². The Bertz CT molecular complexity index is 869. The average molecular weight is 388 g/mol. The van der Waals surface area contributed by atoms with Crippen LogP contribution >= 0.6 is 22.9 Å². The number of likely N-dealkylation sites (tertiary alicyclic amines) is 1. The normalized spacial score (nSPS) is 17.1. The lowest BCUT2D eigenvalue weighted by molar-refractivity contribution is -0.130. The molecule has 1 aromatic heterocycles. The molecule has 26 heavy (non-hydrogen) atoms. The molecule has 1 fully saturated rings. The predicted molar refractivity (Wildman–Crippen MR) is 104 cm³/mol.